The van der Waals surface area contributed by atoms with Gasteiger partial charge in [-0.15, -0.1) is 5.10 Å². The first-order chi connectivity index (χ1) is 9.49. The van der Waals surface area contributed by atoms with Crippen LogP contribution in [-0.4, -0.2) is 26.8 Å². The lowest BCUT2D eigenvalue weighted by molar-refractivity contribution is 0.538. The molecule has 0 aliphatic rings. The fourth-order valence-corrected chi connectivity index (χ4v) is 2.27. The molecule has 1 aromatic heterocycles. The molecule has 20 heavy (non-hydrogen) atoms. The molecule has 0 spiro atoms. The third-order valence-corrected chi connectivity index (χ3v) is 3.61. The molecular formula is C12H14Cl3N5. The molecule has 0 saturated heterocycles. The average Bonchev–Trinajstić information content (AvgIpc) is 2.81. The predicted molar refractivity (Wildman–Crippen MR) is 80.7 cm³/mol. The van der Waals surface area contributed by atoms with Crippen LogP contribution in [0.2, 0.25) is 15.1 Å². The van der Waals surface area contributed by atoms with E-state index in [1.54, 1.807) is 16.8 Å². The second-order valence-electron chi connectivity index (χ2n) is 4.75. The van der Waals surface area contributed by atoms with Crippen LogP contribution in [0.3, 0.4) is 0 Å². The Balaban J connectivity index is 2.25. The van der Waals surface area contributed by atoms with Gasteiger partial charge in [0.05, 0.1) is 27.3 Å². The number of aromatic nitrogens is 4. The van der Waals surface area contributed by atoms with Crippen LogP contribution in [0.15, 0.2) is 12.1 Å². The Morgan fingerprint density at radius 1 is 1.15 bits per heavy atom. The molecule has 5 nitrogen and oxygen atoms in total. The molecular weight excluding hydrogens is 321 g/mol. The number of rotatable bonds is 5. The average molecular weight is 335 g/mol. The van der Waals surface area contributed by atoms with Crippen molar-refractivity contribution < 1.29 is 0 Å². The van der Waals surface area contributed by atoms with E-state index in [0.717, 1.165) is 6.54 Å². The number of nitrogens with zero attached hydrogens (tertiary/aromatic N) is 4. The van der Waals surface area contributed by atoms with Gasteiger partial charge < -0.3 is 5.32 Å². The van der Waals surface area contributed by atoms with Crippen molar-refractivity contribution in [3.8, 4) is 5.69 Å². The summed E-state index contributed by atoms with van der Waals surface area (Å²) in [5.74, 6) is 1.21. The highest BCUT2D eigenvalue weighted by molar-refractivity contribution is 6.43. The van der Waals surface area contributed by atoms with E-state index in [4.69, 9.17) is 34.8 Å². The van der Waals surface area contributed by atoms with Crippen molar-refractivity contribution in [3.63, 3.8) is 0 Å². The van der Waals surface area contributed by atoms with Crippen molar-refractivity contribution in [3.05, 3.63) is 33.0 Å². The van der Waals surface area contributed by atoms with Gasteiger partial charge in [0.25, 0.3) is 0 Å². The molecule has 0 aliphatic carbocycles. The van der Waals surface area contributed by atoms with E-state index >= 15 is 0 Å². The van der Waals surface area contributed by atoms with Gasteiger partial charge in [-0.25, -0.2) is 0 Å². The zero-order valence-corrected chi connectivity index (χ0v) is 13.3. The first-order valence-corrected chi connectivity index (χ1v) is 7.25. The highest BCUT2D eigenvalue weighted by Crippen LogP contribution is 2.31. The summed E-state index contributed by atoms with van der Waals surface area (Å²) in [5.41, 5.74) is 0.604. The Morgan fingerprint density at radius 2 is 1.85 bits per heavy atom. The van der Waals surface area contributed by atoms with Crippen molar-refractivity contribution in [2.24, 2.45) is 5.92 Å². The third kappa shape index (κ3) is 3.61. The number of hydrogen-bond donors (Lipinski definition) is 1. The van der Waals surface area contributed by atoms with Gasteiger partial charge in [0.15, 0.2) is 5.82 Å². The molecule has 1 aromatic carbocycles. The topological polar surface area (TPSA) is 55.6 Å². The van der Waals surface area contributed by atoms with E-state index in [2.05, 4.69) is 34.7 Å². The van der Waals surface area contributed by atoms with Crippen molar-refractivity contribution in [1.29, 1.82) is 0 Å². The largest absolute Gasteiger partial charge is 0.310 e. The van der Waals surface area contributed by atoms with Gasteiger partial charge in [0.2, 0.25) is 0 Å². The minimum atomic E-state index is 0.396. The Bertz CT molecular complexity index is 597. The lowest BCUT2D eigenvalue weighted by Crippen LogP contribution is -2.21. The van der Waals surface area contributed by atoms with E-state index in [1.807, 2.05) is 0 Å². The molecule has 0 radical (unpaired) electrons. The molecule has 0 aliphatic heterocycles. The lowest BCUT2D eigenvalue weighted by atomic mass is 10.2. The monoisotopic (exact) mass is 333 g/mol. The van der Waals surface area contributed by atoms with Crippen LogP contribution >= 0.6 is 34.8 Å². The highest BCUT2D eigenvalue weighted by Gasteiger charge is 2.13. The summed E-state index contributed by atoms with van der Waals surface area (Å²) < 4.78 is 1.55. The highest BCUT2D eigenvalue weighted by atomic mass is 35.5. The molecule has 8 heteroatoms. The van der Waals surface area contributed by atoms with E-state index in [-0.39, 0.29) is 0 Å². The Hall–Kier alpha value is -0.880. The number of hydrogen-bond acceptors (Lipinski definition) is 4. The van der Waals surface area contributed by atoms with Crippen LogP contribution < -0.4 is 5.32 Å². The van der Waals surface area contributed by atoms with Crippen LogP contribution in [0.4, 0.5) is 0 Å². The Morgan fingerprint density at radius 3 is 2.55 bits per heavy atom. The summed E-state index contributed by atoms with van der Waals surface area (Å²) >= 11 is 18.1. The Labute approximate surface area is 132 Å². The summed E-state index contributed by atoms with van der Waals surface area (Å²) in [6.45, 7) is 5.68. The van der Waals surface area contributed by atoms with Crippen LogP contribution in [-0.2, 0) is 6.54 Å². The van der Waals surface area contributed by atoms with E-state index in [9.17, 15) is 0 Å². The van der Waals surface area contributed by atoms with Gasteiger partial charge in [-0.1, -0.05) is 48.7 Å². The summed E-state index contributed by atoms with van der Waals surface area (Å²) in [4.78, 5) is 0. The van der Waals surface area contributed by atoms with Crippen LogP contribution in [0.5, 0.6) is 0 Å². The van der Waals surface area contributed by atoms with Gasteiger partial charge >= 0.3 is 0 Å². The van der Waals surface area contributed by atoms with E-state index in [1.165, 1.54) is 0 Å². The molecule has 1 heterocycles. The first kappa shape index (κ1) is 15.5. The van der Waals surface area contributed by atoms with E-state index < -0.39 is 0 Å². The minimum absolute atomic E-state index is 0.396. The quantitative estimate of drug-likeness (QED) is 0.852. The Kier molecular flexibility index (Phi) is 5.21. The number of halogens is 3. The normalized spacial score (nSPS) is 11.3. The third-order valence-electron chi connectivity index (χ3n) is 2.59. The van der Waals surface area contributed by atoms with Gasteiger partial charge in [-0.3, -0.25) is 0 Å². The van der Waals surface area contributed by atoms with Gasteiger partial charge in [-0.05, 0) is 35.0 Å². The maximum atomic E-state index is 6.17. The number of benzene rings is 1. The maximum absolute atomic E-state index is 6.17. The van der Waals surface area contributed by atoms with Crippen molar-refractivity contribution in [1.82, 2.24) is 25.5 Å². The molecule has 2 aromatic rings. The molecule has 1 N–H and O–H groups in total. The molecule has 108 valence electrons. The molecule has 2 rings (SSSR count). The summed E-state index contributed by atoms with van der Waals surface area (Å²) in [7, 11) is 0. The summed E-state index contributed by atoms with van der Waals surface area (Å²) in [6, 6.07) is 3.22. The van der Waals surface area contributed by atoms with E-state index in [0.29, 0.717) is 39.0 Å². The zero-order valence-electron chi connectivity index (χ0n) is 11.1. The van der Waals surface area contributed by atoms with Crippen molar-refractivity contribution in [2.75, 3.05) is 6.54 Å². The summed E-state index contributed by atoms with van der Waals surface area (Å²) in [6.07, 6.45) is 0. The number of nitrogens with one attached hydrogen (secondary N) is 1. The molecule has 0 fully saturated rings. The van der Waals surface area contributed by atoms with Crippen molar-refractivity contribution in [2.45, 2.75) is 20.4 Å². The smallest absolute Gasteiger partial charge is 0.170 e. The predicted octanol–water partition coefficient (Wildman–Crippen LogP) is 3.37. The van der Waals surface area contributed by atoms with Gasteiger partial charge in [-0.2, -0.15) is 4.68 Å². The molecule has 0 unspecified atom stereocenters. The minimum Gasteiger partial charge on any atom is -0.310 e. The fourth-order valence-electron chi connectivity index (χ4n) is 1.65. The zero-order chi connectivity index (χ0) is 14.7. The molecule has 0 bridgehead atoms. The maximum Gasteiger partial charge on any atom is 0.170 e. The van der Waals surface area contributed by atoms with Crippen LogP contribution in [0.1, 0.15) is 19.7 Å². The second-order valence-corrected chi connectivity index (χ2v) is 5.97. The molecule has 0 atom stereocenters. The second kappa shape index (κ2) is 6.72. The molecule has 0 amide bonds. The fraction of sp³-hybridized carbons (Fsp3) is 0.417. The van der Waals surface area contributed by atoms with Gasteiger partial charge in [0, 0.05) is 0 Å². The SMILES string of the molecule is CC(C)CNCc1nnnn1-c1cc(Cl)c(Cl)cc1Cl. The van der Waals surface area contributed by atoms with Crippen LogP contribution in [0, 0.1) is 5.92 Å². The molecule has 0 saturated carbocycles. The van der Waals surface area contributed by atoms with Crippen molar-refractivity contribution >= 4 is 34.8 Å². The first-order valence-electron chi connectivity index (χ1n) is 6.12. The van der Waals surface area contributed by atoms with Gasteiger partial charge in [0.1, 0.15) is 0 Å². The standard InChI is InChI=1S/C12H14Cl3N5/c1-7(2)5-16-6-12-17-18-19-20(12)11-4-9(14)8(13)3-10(11)15/h3-4,7,16H,5-6H2,1-2H3. The lowest BCUT2D eigenvalue weighted by Gasteiger charge is -2.10. The number of tetrazole rings is 1. The summed E-state index contributed by atoms with van der Waals surface area (Å²) in [5, 5.41) is 16.1. The van der Waals surface area contributed by atoms with Crippen LogP contribution in [0.25, 0.3) is 5.69 Å².